The van der Waals surface area contributed by atoms with Gasteiger partial charge in [0.2, 0.25) is 0 Å². The quantitative estimate of drug-likeness (QED) is 0.748. The molecule has 0 heterocycles. The van der Waals surface area contributed by atoms with E-state index in [2.05, 4.69) is 15.9 Å². The summed E-state index contributed by atoms with van der Waals surface area (Å²) in [6.45, 7) is 1.59. The van der Waals surface area contributed by atoms with Crippen LogP contribution in [-0.4, -0.2) is 16.9 Å². The molecule has 1 atom stereocenters. The highest BCUT2D eigenvalue weighted by atomic mass is 79.9. The Bertz CT molecular complexity index is 279. The van der Waals surface area contributed by atoms with E-state index in [1.807, 2.05) is 12.1 Å². The van der Waals surface area contributed by atoms with Gasteiger partial charge >= 0.3 is 0 Å². The smallest absolute Gasteiger partial charge is 0.0930 e. The van der Waals surface area contributed by atoms with Crippen molar-refractivity contribution >= 4 is 21.6 Å². The maximum atomic E-state index is 9.11. The Morgan fingerprint density at radius 2 is 1.92 bits per heavy atom. The molecule has 0 aliphatic heterocycles. The van der Waals surface area contributed by atoms with Gasteiger partial charge in [0, 0.05) is 4.47 Å². The summed E-state index contributed by atoms with van der Waals surface area (Å²) in [6.07, 6.45) is -0.703. The minimum Gasteiger partial charge on any atom is -0.387 e. The van der Waals surface area contributed by atoms with Gasteiger partial charge < -0.3 is 10.5 Å². The lowest BCUT2D eigenvalue weighted by molar-refractivity contribution is 0.262. The van der Waals surface area contributed by atoms with Gasteiger partial charge in [0.15, 0.2) is 0 Å². The van der Waals surface area contributed by atoms with E-state index in [4.69, 9.17) is 10.5 Å². The molecule has 0 fully saturated rings. The maximum Gasteiger partial charge on any atom is 0.0930 e. The number of hydrogen-bond donors (Lipinski definition) is 2. The van der Waals surface area contributed by atoms with Crippen LogP contribution in [0.4, 0.5) is 0 Å². The van der Waals surface area contributed by atoms with Crippen molar-refractivity contribution in [3.8, 4) is 0 Å². The first-order valence-electron chi connectivity index (χ1n) is 3.63. The van der Waals surface area contributed by atoms with Crippen molar-refractivity contribution in [2.24, 2.45) is 0 Å². The Balaban J connectivity index is 2.90. The van der Waals surface area contributed by atoms with Crippen LogP contribution in [-0.2, 0) is 0 Å². The molecule has 12 heavy (non-hydrogen) atoms. The van der Waals surface area contributed by atoms with Gasteiger partial charge in [0.25, 0.3) is 0 Å². The molecule has 0 aromatic heterocycles. The molecule has 0 radical (unpaired) electrons. The monoisotopic (exact) mass is 227 g/mol. The number of halogens is 1. The number of nitrogens with one attached hydrogen (secondary N) is 1. The first-order chi connectivity index (χ1) is 5.61. The van der Waals surface area contributed by atoms with Crippen molar-refractivity contribution in [1.29, 1.82) is 5.41 Å². The standard InChI is InChI=1S/C9H10BrNO/c1-6(12)9(11)7-2-4-8(10)5-3-7/h2-6,11-12H,1H3. The Labute approximate surface area is 79.9 Å². The van der Waals surface area contributed by atoms with Crippen LogP contribution < -0.4 is 0 Å². The van der Waals surface area contributed by atoms with Gasteiger partial charge in [-0.25, -0.2) is 0 Å². The van der Waals surface area contributed by atoms with Crippen molar-refractivity contribution in [2.75, 3.05) is 0 Å². The van der Waals surface area contributed by atoms with E-state index in [1.165, 1.54) is 0 Å². The zero-order chi connectivity index (χ0) is 9.14. The number of hydrogen-bond acceptors (Lipinski definition) is 2. The summed E-state index contributed by atoms with van der Waals surface area (Å²) in [5, 5.41) is 16.6. The fraction of sp³-hybridized carbons (Fsp3) is 0.222. The third kappa shape index (κ3) is 2.16. The fourth-order valence-electron chi connectivity index (χ4n) is 0.871. The third-order valence-corrected chi connectivity index (χ3v) is 2.10. The maximum absolute atomic E-state index is 9.11. The molecule has 2 nitrogen and oxygen atoms in total. The van der Waals surface area contributed by atoms with E-state index in [-0.39, 0.29) is 5.71 Å². The summed E-state index contributed by atoms with van der Waals surface area (Å²) in [4.78, 5) is 0. The number of aliphatic hydroxyl groups is 1. The molecule has 0 spiro atoms. The lowest BCUT2D eigenvalue weighted by Gasteiger charge is -2.06. The predicted molar refractivity (Wildman–Crippen MR) is 52.7 cm³/mol. The van der Waals surface area contributed by atoms with E-state index in [0.29, 0.717) is 0 Å². The highest BCUT2D eigenvalue weighted by molar-refractivity contribution is 9.10. The summed E-state index contributed by atoms with van der Waals surface area (Å²) in [5.74, 6) is 0. The third-order valence-electron chi connectivity index (χ3n) is 1.57. The zero-order valence-electron chi connectivity index (χ0n) is 6.71. The van der Waals surface area contributed by atoms with Gasteiger partial charge in [-0.3, -0.25) is 0 Å². The van der Waals surface area contributed by atoms with Crippen molar-refractivity contribution in [2.45, 2.75) is 13.0 Å². The van der Waals surface area contributed by atoms with Crippen molar-refractivity contribution < 1.29 is 5.11 Å². The van der Waals surface area contributed by atoms with Crippen molar-refractivity contribution in [3.63, 3.8) is 0 Å². The Morgan fingerprint density at radius 3 is 2.33 bits per heavy atom. The Hall–Kier alpha value is -0.670. The van der Waals surface area contributed by atoms with E-state index in [0.717, 1.165) is 10.0 Å². The first-order valence-corrected chi connectivity index (χ1v) is 4.43. The molecule has 1 aromatic rings. The molecule has 2 N–H and O–H groups in total. The average Bonchev–Trinajstić information content (AvgIpc) is 2.04. The van der Waals surface area contributed by atoms with E-state index in [1.54, 1.807) is 19.1 Å². The molecule has 3 heteroatoms. The van der Waals surface area contributed by atoms with Crippen LogP contribution in [0.1, 0.15) is 12.5 Å². The summed E-state index contributed by atoms with van der Waals surface area (Å²) < 4.78 is 0.977. The molecule has 1 aromatic carbocycles. The Kier molecular flexibility index (Phi) is 3.00. The summed E-state index contributed by atoms with van der Waals surface area (Å²) in [5.41, 5.74) is 1.01. The summed E-state index contributed by atoms with van der Waals surface area (Å²) >= 11 is 3.30. The normalized spacial score (nSPS) is 12.6. The minimum atomic E-state index is -0.703. The second-order valence-corrected chi connectivity index (χ2v) is 3.51. The summed E-state index contributed by atoms with van der Waals surface area (Å²) in [7, 11) is 0. The van der Waals surface area contributed by atoms with E-state index >= 15 is 0 Å². The molecule has 0 saturated heterocycles. The number of rotatable bonds is 2. The van der Waals surface area contributed by atoms with Gasteiger partial charge in [-0.05, 0) is 24.6 Å². The van der Waals surface area contributed by atoms with Crippen LogP contribution in [0.3, 0.4) is 0 Å². The lowest BCUT2D eigenvalue weighted by atomic mass is 10.1. The van der Waals surface area contributed by atoms with Gasteiger partial charge in [-0.15, -0.1) is 0 Å². The molecule has 0 aliphatic carbocycles. The van der Waals surface area contributed by atoms with Gasteiger partial charge in [0.1, 0.15) is 0 Å². The largest absolute Gasteiger partial charge is 0.387 e. The Morgan fingerprint density at radius 1 is 1.42 bits per heavy atom. The lowest BCUT2D eigenvalue weighted by Crippen LogP contribution is -2.15. The zero-order valence-corrected chi connectivity index (χ0v) is 8.30. The van der Waals surface area contributed by atoms with E-state index in [9.17, 15) is 0 Å². The number of aliphatic hydroxyl groups excluding tert-OH is 1. The molecule has 0 aliphatic rings. The second kappa shape index (κ2) is 3.83. The van der Waals surface area contributed by atoms with Crippen LogP contribution in [0, 0.1) is 5.41 Å². The molecule has 0 bridgehead atoms. The van der Waals surface area contributed by atoms with Crippen LogP contribution in [0.5, 0.6) is 0 Å². The van der Waals surface area contributed by atoms with Crippen molar-refractivity contribution in [3.05, 3.63) is 34.3 Å². The highest BCUT2D eigenvalue weighted by Crippen LogP contribution is 2.11. The molecule has 1 rings (SSSR count). The topological polar surface area (TPSA) is 44.1 Å². The molecule has 1 unspecified atom stereocenters. The van der Waals surface area contributed by atoms with Crippen LogP contribution in [0.25, 0.3) is 0 Å². The van der Waals surface area contributed by atoms with Crippen LogP contribution in [0.15, 0.2) is 28.7 Å². The van der Waals surface area contributed by atoms with Crippen molar-refractivity contribution in [1.82, 2.24) is 0 Å². The molecular weight excluding hydrogens is 218 g/mol. The van der Waals surface area contributed by atoms with Crippen LogP contribution in [0.2, 0.25) is 0 Å². The van der Waals surface area contributed by atoms with Gasteiger partial charge in [-0.1, -0.05) is 28.1 Å². The molecule has 0 saturated carbocycles. The SMILES string of the molecule is CC(O)C(=N)c1ccc(Br)cc1. The average molecular weight is 228 g/mol. The fourth-order valence-corrected chi connectivity index (χ4v) is 1.13. The molecule has 64 valence electrons. The van der Waals surface area contributed by atoms with Gasteiger partial charge in [0.05, 0.1) is 11.8 Å². The van der Waals surface area contributed by atoms with Crippen LogP contribution >= 0.6 is 15.9 Å². The van der Waals surface area contributed by atoms with E-state index < -0.39 is 6.10 Å². The first kappa shape index (κ1) is 9.42. The second-order valence-electron chi connectivity index (χ2n) is 2.60. The predicted octanol–water partition coefficient (Wildman–Crippen LogP) is 2.20. The highest BCUT2D eigenvalue weighted by Gasteiger charge is 2.06. The molecule has 0 amide bonds. The van der Waals surface area contributed by atoms with Gasteiger partial charge in [-0.2, -0.15) is 0 Å². The number of benzene rings is 1. The summed E-state index contributed by atoms with van der Waals surface area (Å²) in [6, 6.07) is 7.32. The minimum absolute atomic E-state index is 0.252. The molecular formula is C9H10BrNO.